The number of carboxylic acids is 1. The lowest BCUT2D eigenvalue weighted by molar-refractivity contribution is 0.0684. The van der Waals surface area contributed by atoms with E-state index in [1.807, 2.05) is 104 Å². The van der Waals surface area contributed by atoms with Crippen molar-refractivity contribution in [1.82, 2.24) is 29.8 Å². The van der Waals surface area contributed by atoms with Crippen molar-refractivity contribution in [2.75, 3.05) is 0 Å². The molecule has 256 valence electrons. The van der Waals surface area contributed by atoms with Crippen molar-refractivity contribution in [2.45, 2.75) is 32.4 Å². The molecule has 3 heterocycles. The van der Waals surface area contributed by atoms with Gasteiger partial charge in [-0.05, 0) is 62.5 Å². The SMILES string of the molecule is CCc1nc(C)c(C(=O)O)n1Cc1ccc2oc(-c3ccccc3-c3nnn(C(c4ccccc4)(c4ccccc4)c4ccccc4)n3)c(Br)c2c1. The van der Waals surface area contributed by atoms with E-state index in [4.69, 9.17) is 14.7 Å². The zero-order valence-corrected chi connectivity index (χ0v) is 30.0. The van der Waals surface area contributed by atoms with Gasteiger partial charge in [-0.15, -0.1) is 15.0 Å². The normalized spacial score (nSPS) is 11.7. The number of carbonyl (C=O) groups is 1. The lowest BCUT2D eigenvalue weighted by atomic mass is 9.77. The number of hydrogen-bond donors (Lipinski definition) is 1. The van der Waals surface area contributed by atoms with Crippen molar-refractivity contribution in [3.63, 3.8) is 0 Å². The van der Waals surface area contributed by atoms with Gasteiger partial charge in [0.15, 0.2) is 11.2 Å². The highest BCUT2D eigenvalue weighted by atomic mass is 79.9. The second kappa shape index (κ2) is 13.5. The van der Waals surface area contributed by atoms with Crippen LogP contribution >= 0.6 is 15.9 Å². The number of fused-ring (bicyclic) bond motifs is 1. The van der Waals surface area contributed by atoms with E-state index in [0.717, 1.165) is 49.1 Å². The Hall–Kier alpha value is -6.13. The summed E-state index contributed by atoms with van der Waals surface area (Å²) in [6.45, 7) is 4.07. The van der Waals surface area contributed by atoms with Crippen molar-refractivity contribution in [2.24, 2.45) is 0 Å². The molecule has 0 bridgehead atoms. The molecule has 0 unspecified atom stereocenters. The molecule has 0 amide bonds. The second-order valence-electron chi connectivity index (χ2n) is 12.5. The summed E-state index contributed by atoms with van der Waals surface area (Å²) in [7, 11) is 0. The Morgan fingerprint density at radius 3 is 1.96 bits per heavy atom. The summed E-state index contributed by atoms with van der Waals surface area (Å²) in [5.41, 5.74) is 5.94. The number of rotatable bonds is 10. The van der Waals surface area contributed by atoms with Gasteiger partial charge in [0.25, 0.3) is 0 Å². The van der Waals surface area contributed by atoms with E-state index in [1.165, 1.54) is 0 Å². The number of imidazole rings is 1. The Morgan fingerprint density at radius 1 is 0.808 bits per heavy atom. The number of benzene rings is 5. The highest BCUT2D eigenvalue weighted by molar-refractivity contribution is 9.10. The van der Waals surface area contributed by atoms with Crippen LogP contribution < -0.4 is 0 Å². The average Bonchev–Trinajstić information content (AvgIpc) is 3.89. The van der Waals surface area contributed by atoms with E-state index in [0.29, 0.717) is 35.8 Å². The lowest BCUT2D eigenvalue weighted by Gasteiger charge is -2.34. The predicted octanol–water partition coefficient (Wildman–Crippen LogP) is 9.17. The van der Waals surface area contributed by atoms with Gasteiger partial charge in [-0.3, -0.25) is 0 Å². The van der Waals surface area contributed by atoms with Gasteiger partial charge < -0.3 is 14.1 Å². The van der Waals surface area contributed by atoms with Crippen molar-refractivity contribution in [3.8, 4) is 22.7 Å². The van der Waals surface area contributed by atoms with Gasteiger partial charge >= 0.3 is 5.97 Å². The van der Waals surface area contributed by atoms with E-state index < -0.39 is 11.5 Å². The molecule has 10 heteroatoms. The standard InChI is InChI=1S/C42H33BrN6O3/c1-3-36-44-27(2)38(41(50)51)48(36)26-28-23-24-35-34(25-28)37(43)39(52-35)32-21-13-14-22-33(32)40-45-47-49(46-40)42(29-15-7-4-8-16-29,30-17-9-5-10-18-30)31-19-11-6-12-20-31/h4-25H,3,26H2,1-2H3,(H,50,51). The minimum atomic E-state index is -0.992. The van der Waals surface area contributed by atoms with Crippen molar-refractivity contribution in [1.29, 1.82) is 0 Å². The molecule has 0 spiro atoms. The zero-order chi connectivity index (χ0) is 35.8. The Bertz CT molecular complexity index is 2450. The van der Waals surface area contributed by atoms with Gasteiger partial charge in [-0.25, -0.2) is 9.78 Å². The first-order valence-corrected chi connectivity index (χ1v) is 17.8. The number of aryl methyl sites for hydroxylation is 2. The third-order valence-electron chi connectivity index (χ3n) is 9.47. The molecule has 0 fully saturated rings. The maximum Gasteiger partial charge on any atom is 0.354 e. The molecular formula is C42H33BrN6O3. The number of nitrogens with zero attached hydrogens (tertiary/aromatic N) is 6. The zero-order valence-electron chi connectivity index (χ0n) is 28.4. The van der Waals surface area contributed by atoms with Crippen LogP contribution in [0.3, 0.4) is 0 Å². The van der Waals surface area contributed by atoms with E-state index in [1.54, 1.807) is 16.3 Å². The van der Waals surface area contributed by atoms with Gasteiger partial charge in [0.2, 0.25) is 5.82 Å². The van der Waals surface area contributed by atoms with E-state index >= 15 is 0 Å². The molecule has 0 aliphatic rings. The van der Waals surface area contributed by atoms with E-state index in [9.17, 15) is 9.90 Å². The molecule has 5 aromatic carbocycles. The largest absolute Gasteiger partial charge is 0.477 e. The number of carboxylic acid groups (broad SMARTS) is 1. The van der Waals surface area contributed by atoms with Gasteiger partial charge in [-0.2, -0.15) is 0 Å². The van der Waals surface area contributed by atoms with Gasteiger partial charge in [0.05, 0.1) is 10.2 Å². The topological polar surface area (TPSA) is 112 Å². The third-order valence-corrected chi connectivity index (χ3v) is 10.3. The van der Waals surface area contributed by atoms with Crippen LogP contribution in [-0.2, 0) is 18.5 Å². The molecule has 0 atom stereocenters. The van der Waals surface area contributed by atoms with Crippen LogP contribution in [0, 0.1) is 6.92 Å². The van der Waals surface area contributed by atoms with Crippen LogP contribution in [0.1, 0.15) is 51.2 Å². The van der Waals surface area contributed by atoms with Crippen LogP contribution in [-0.4, -0.2) is 40.8 Å². The minimum Gasteiger partial charge on any atom is -0.477 e. The highest BCUT2D eigenvalue weighted by Crippen LogP contribution is 2.43. The van der Waals surface area contributed by atoms with Crippen LogP contribution in [0.2, 0.25) is 0 Å². The first-order chi connectivity index (χ1) is 25.4. The van der Waals surface area contributed by atoms with Crippen molar-refractivity contribution in [3.05, 3.63) is 177 Å². The minimum absolute atomic E-state index is 0.203. The molecule has 0 radical (unpaired) electrons. The van der Waals surface area contributed by atoms with Crippen LogP contribution in [0.5, 0.6) is 0 Å². The fraction of sp³-hybridized carbons (Fsp3) is 0.119. The summed E-state index contributed by atoms with van der Waals surface area (Å²) in [4.78, 5) is 18.3. The number of tetrazole rings is 1. The first-order valence-electron chi connectivity index (χ1n) is 17.0. The summed E-state index contributed by atoms with van der Waals surface area (Å²) < 4.78 is 9.05. The van der Waals surface area contributed by atoms with Gasteiger partial charge in [0, 0.05) is 29.5 Å². The van der Waals surface area contributed by atoms with Crippen LogP contribution in [0.25, 0.3) is 33.7 Å². The maximum atomic E-state index is 12.1. The van der Waals surface area contributed by atoms with Crippen molar-refractivity contribution < 1.29 is 14.3 Å². The Labute approximate surface area is 308 Å². The average molecular weight is 750 g/mol. The smallest absolute Gasteiger partial charge is 0.354 e. The fourth-order valence-electron chi connectivity index (χ4n) is 7.14. The molecule has 1 N–H and O–H groups in total. The number of halogens is 1. The molecule has 0 aliphatic carbocycles. The molecule has 9 nitrogen and oxygen atoms in total. The van der Waals surface area contributed by atoms with Gasteiger partial charge in [-0.1, -0.05) is 128 Å². The molecule has 8 aromatic rings. The molecule has 8 rings (SSSR count). The summed E-state index contributed by atoms with van der Waals surface area (Å²) in [5, 5.41) is 25.3. The lowest BCUT2D eigenvalue weighted by Crippen LogP contribution is -2.39. The summed E-state index contributed by atoms with van der Waals surface area (Å²) >= 11 is 3.84. The summed E-state index contributed by atoms with van der Waals surface area (Å²) in [6, 6.07) is 44.5. The summed E-state index contributed by atoms with van der Waals surface area (Å²) in [6.07, 6.45) is 0.620. The number of aromatic nitrogens is 6. The molecule has 3 aromatic heterocycles. The molecule has 52 heavy (non-hydrogen) atoms. The first kappa shape index (κ1) is 33.0. The monoisotopic (exact) mass is 748 g/mol. The molecule has 0 aliphatic heterocycles. The van der Waals surface area contributed by atoms with Crippen molar-refractivity contribution >= 4 is 32.9 Å². The van der Waals surface area contributed by atoms with E-state index in [-0.39, 0.29) is 5.69 Å². The Morgan fingerprint density at radius 2 is 1.38 bits per heavy atom. The van der Waals surface area contributed by atoms with Crippen LogP contribution in [0.4, 0.5) is 0 Å². The predicted molar refractivity (Wildman–Crippen MR) is 203 cm³/mol. The second-order valence-corrected chi connectivity index (χ2v) is 13.3. The number of furan rings is 1. The Kier molecular flexibility index (Phi) is 8.60. The Balaban J connectivity index is 1.24. The quantitative estimate of drug-likeness (QED) is 0.139. The molecule has 0 saturated carbocycles. The number of hydrogen-bond acceptors (Lipinski definition) is 6. The van der Waals surface area contributed by atoms with E-state index in [2.05, 4.69) is 62.4 Å². The highest BCUT2D eigenvalue weighted by Gasteiger charge is 2.41. The molecule has 0 saturated heterocycles. The maximum absolute atomic E-state index is 12.1. The number of aromatic carboxylic acids is 1. The van der Waals surface area contributed by atoms with Crippen LogP contribution in [0.15, 0.2) is 142 Å². The van der Waals surface area contributed by atoms with Gasteiger partial charge in [0.1, 0.15) is 17.2 Å². The fourth-order valence-corrected chi connectivity index (χ4v) is 7.74. The summed E-state index contributed by atoms with van der Waals surface area (Å²) in [5.74, 6) is 0.804. The molecular weight excluding hydrogens is 716 g/mol. The third kappa shape index (κ3) is 5.52.